The number of likely N-dealkylation sites (N-methyl/N-ethyl adjacent to an activating group) is 1. The fourth-order valence-corrected chi connectivity index (χ4v) is 5.90. The molecule has 2 N–H and O–H groups in total. The number of rotatable bonds is 4. The molecule has 34 heavy (non-hydrogen) atoms. The van der Waals surface area contributed by atoms with Gasteiger partial charge in [-0.3, -0.25) is 4.79 Å². The van der Waals surface area contributed by atoms with Crippen LogP contribution < -0.4 is 10.0 Å². The van der Waals surface area contributed by atoms with E-state index < -0.39 is 40.3 Å². The molecule has 0 radical (unpaired) electrons. The van der Waals surface area contributed by atoms with Crippen molar-refractivity contribution >= 4 is 44.7 Å². The van der Waals surface area contributed by atoms with E-state index in [1.165, 1.54) is 19.2 Å². The van der Waals surface area contributed by atoms with Gasteiger partial charge in [-0.25, -0.2) is 4.39 Å². The molecule has 0 unspecified atom stereocenters. The lowest BCUT2D eigenvalue weighted by Gasteiger charge is -2.35. The molecular weight excluding hydrogens is 522 g/mol. The number of carbonyl (C=O) groups is 1. The van der Waals surface area contributed by atoms with E-state index in [-0.39, 0.29) is 27.4 Å². The number of anilines is 1. The molecule has 0 aliphatic carbocycles. The van der Waals surface area contributed by atoms with Gasteiger partial charge in [0.05, 0.1) is 17.3 Å². The largest absolute Gasteiger partial charge is 0.504 e. The number of halogens is 5. The van der Waals surface area contributed by atoms with E-state index in [1.807, 2.05) is 0 Å². The van der Waals surface area contributed by atoms with Crippen molar-refractivity contribution in [2.75, 3.05) is 12.4 Å². The second-order valence-corrected chi connectivity index (χ2v) is 10.6. The fraction of sp³-hybridized carbons (Fsp3) is 0.263. The second kappa shape index (κ2) is 8.92. The Labute approximate surface area is 200 Å². The van der Waals surface area contributed by atoms with E-state index in [9.17, 15) is 30.8 Å². The van der Waals surface area contributed by atoms with Crippen molar-refractivity contribution in [3.05, 3.63) is 57.8 Å². The molecule has 2 atom stereocenters. The van der Waals surface area contributed by atoms with Crippen molar-refractivity contribution in [1.82, 2.24) is 18.8 Å². The zero-order chi connectivity index (χ0) is 24.8. The predicted molar refractivity (Wildman–Crippen MR) is 118 cm³/mol. The van der Waals surface area contributed by atoms with Gasteiger partial charge in [-0.2, -0.15) is 27.2 Å². The molecule has 1 amide bonds. The van der Waals surface area contributed by atoms with Crippen LogP contribution in [-0.4, -0.2) is 41.5 Å². The Kier molecular flexibility index (Phi) is 6.46. The van der Waals surface area contributed by atoms with Crippen LogP contribution in [-0.2, 0) is 21.3 Å². The summed E-state index contributed by atoms with van der Waals surface area (Å²) in [5, 5.41) is 7.20. The Morgan fingerprint density at radius 2 is 2.03 bits per heavy atom. The molecule has 3 heterocycles. The van der Waals surface area contributed by atoms with Crippen molar-refractivity contribution in [2.24, 2.45) is 0 Å². The van der Waals surface area contributed by atoms with Gasteiger partial charge < -0.3 is 5.32 Å². The number of amides is 1. The summed E-state index contributed by atoms with van der Waals surface area (Å²) in [6, 6.07) is 3.20. The van der Waals surface area contributed by atoms with Gasteiger partial charge in [0.2, 0.25) is 5.91 Å². The van der Waals surface area contributed by atoms with Crippen molar-refractivity contribution in [2.45, 2.75) is 24.8 Å². The van der Waals surface area contributed by atoms with E-state index in [0.29, 0.717) is 10.4 Å². The quantitative estimate of drug-likeness (QED) is 0.490. The molecule has 4 rings (SSSR count). The summed E-state index contributed by atoms with van der Waals surface area (Å²) in [4.78, 5) is 13.4. The van der Waals surface area contributed by atoms with Crippen LogP contribution in [0.1, 0.15) is 17.3 Å². The van der Waals surface area contributed by atoms with E-state index >= 15 is 0 Å². The van der Waals surface area contributed by atoms with Gasteiger partial charge in [0.25, 0.3) is 10.2 Å². The van der Waals surface area contributed by atoms with E-state index in [1.54, 1.807) is 11.4 Å². The summed E-state index contributed by atoms with van der Waals surface area (Å²) in [5.74, 6) is -1.32. The molecule has 8 nitrogen and oxygen atoms in total. The number of hydrogen-bond donors (Lipinski definition) is 2. The lowest BCUT2D eigenvalue weighted by atomic mass is 10.0. The highest BCUT2D eigenvalue weighted by Crippen LogP contribution is 2.35. The van der Waals surface area contributed by atoms with Gasteiger partial charge in [-0.15, -0.1) is 24.5 Å². The first-order chi connectivity index (χ1) is 15.8. The van der Waals surface area contributed by atoms with Crippen molar-refractivity contribution < 1.29 is 30.8 Å². The van der Waals surface area contributed by atoms with Crippen LogP contribution in [0.25, 0.3) is 11.1 Å². The molecule has 1 aromatic carbocycles. The van der Waals surface area contributed by atoms with Gasteiger partial charge in [-0.05, 0) is 41.6 Å². The van der Waals surface area contributed by atoms with E-state index in [2.05, 4.69) is 15.1 Å². The molecule has 0 spiro atoms. The van der Waals surface area contributed by atoms with Gasteiger partial charge in [0.1, 0.15) is 11.9 Å². The zero-order valence-corrected chi connectivity index (χ0v) is 19.6. The van der Waals surface area contributed by atoms with Crippen LogP contribution in [0.3, 0.4) is 0 Å². The minimum atomic E-state index is -4.66. The van der Waals surface area contributed by atoms with Crippen LogP contribution in [0.5, 0.6) is 0 Å². The topological polar surface area (TPSA) is 96.3 Å². The Bertz CT molecular complexity index is 1340. The summed E-state index contributed by atoms with van der Waals surface area (Å²) < 4.78 is 80.3. The Morgan fingerprint density at radius 3 is 2.68 bits per heavy atom. The molecule has 0 saturated carbocycles. The summed E-state index contributed by atoms with van der Waals surface area (Å²) in [6.07, 6.45) is -2.73. The summed E-state index contributed by atoms with van der Waals surface area (Å²) in [5.41, 5.74) is 0.825. The third-order valence-electron chi connectivity index (χ3n) is 5.20. The Hall–Kier alpha value is -2.52. The summed E-state index contributed by atoms with van der Waals surface area (Å²) >= 11 is 6.87. The van der Waals surface area contributed by atoms with Crippen LogP contribution in [0.15, 0.2) is 42.0 Å². The van der Waals surface area contributed by atoms with Crippen LogP contribution >= 0.6 is 22.9 Å². The number of aromatic nitrogens is 2. The van der Waals surface area contributed by atoms with Gasteiger partial charge in [0, 0.05) is 29.4 Å². The average Bonchev–Trinajstić information content (AvgIpc) is 3.42. The minimum Gasteiger partial charge on any atom is -0.325 e. The third kappa shape index (κ3) is 4.95. The van der Waals surface area contributed by atoms with Crippen molar-refractivity contribution in [1.29, 1.82) is 0 Å². The average molecular weight is 538 g/mol. The first-order valence-corrected chi connectivity index (χ1v) is 12.3. The minimum absolute atomic E-state index is 0.0399. The molecule has 15 heteroatoms. The Morgan fingerprint density at radius 1 is 1.29 bits per heavy atom. The number of thiophene rings is 1. The highest BCUT2D eigenvalue weighted by atomic mass is 35.5. The summed E-state index contributed by atoms with van der Waals surface area (Å²) in [6.45, 7) is 0. The maximum Gasteiger partial charge on any atom is 0.504 e. The maximum atomic E-state index is 13.4. The number of hydrogen-bond acceptors (Lipinski definition) is 5. The SMILES string of the molecule is CN1[C@H](C(=O)Nc2ccc(F)c(Cl)c2)C[C@H](c2cc(-c3cnn(C(F)(F)F)c3)cs2)NS1(=O)=O. The number of nitrogens with zero attached hydrogens (tertiary/aromatic N) is 3. The fourth-order valence-electron chi connectivity index (χ4n) is 3.39. The highest BCUT2D eigenvalue weighted by molar-refractivity contribution is 7.87. The van der Waals surface area contributed by atoms with Crippen LogP contribution in [0.4, 0.5) is 23.2 Å². The van der Waals surface area contributed by atoms with Crippen LogP contribution in [0.2, 0.25) is 5.02 Å². The van der Waals surface area contributed by atoms with Gasteiger partial charge in [0.15, 0.2) is 0 Å². The third-order valence-corrected chi connectivity index (χ3v) is 8.13. The first kappa shape index (κ1) is 24.6. The predicted octanol–water partition coefficient (Wildman–Crippen LogP) is 4.10. The lowest BCUT2D eigenvalue weighted by Crippen LogP contribution is -2.55. The number of carbonyl (C=O) groups excluding carboxylic acids is 1. The second-order valence-electron chi connectivity index (χ2n) is 7.44. The molecule has 1 aliphatic heterocycles. The van der Waals surface area contributed by atoms with Gasteiger partial charge in [-0.1, -0.05) is 11.6 Å². The molecule has 1 aliphatic rings. The van der Waals surface area contributed by atoms with Gasteiger partial charge >= 0.3 is 6.30 Å². The number of nitrogens with one attached hydrogen (secondary N) is 2. The van der Waals surface area contributed by atoms with Crippen LogP contribution in [0, 0.1) is 5.82 Å². The van der Waals surface area contributed by atoms with Crippen molar-refractivity contribution in [3.63, 3.8) is 0 Å². The summed E-state index contributed by atoms with van der Waals surface area (Å²) in [7, 11) is -2.81. The molecule has 1 saturated heterocycles. The van der Waals surface area contributed by atoms with Crippen molar-refractivity contribution in [3.8, 4) is 11.1 Å². The zero-order valence-electron chi connectivity index (χ0n) is 17.2. The monoisotopic (exact) mass is 537 g/mol. The van der Waals surface area contributed by atoms with E-state index in [4.69, 9.17) is 11.6 Å². The molecule has 182 valence electrons. The normalized spacial score (nSPS) is 20.9. The standard InChI is InChI=1S/C19H16ClF4N5O3S2/c1-28-16(18(30)26-12-2-3-14(21)13(20)5-12)6-15(27-34(28,31)32)17-4-10(9-33-17)11-7-25-29(8-11)19(22,23)24/h2-5,7-9,15-16,27H,6H2,1H3,(H,26,30)/t15-,16+/m1/s1. The molecule has 0 bridgehead atoms. The molecular formula is C19H16ClF4N5O3S2. The number of alkyl halides is 3. The molecule has 2 aromatic heterocycles. The smallest absolute Gasteiger partial charge is 0.325 e. The highest BCUT2D eigenvalue weighted by Gasteiger charge is 2.41. The molecule has 1 fully saturated rings. The Balaban J connectivity index is 1.56. The number of benzene rings is 1. The lowest BCUT2D eigenvalue weighted by molar-refractivity contribution is -0.212. The van der Waals surface area contributed by atoms with E-state index in [0.717, 1.165) is 34.1 Å². The molecule has 3 aromatic rings. The first-order valence-electron chi connectivity index (χ1n) is 9.57. The maximum absolute atomic E-state index is 13.4.